The summed E-state index contributed by atoms with van der Waals surface area (Å²) >= 11 is 0. The van der Waals surface area contributed by atoms with Gasteiger partial charge in [0.25, 0.3) is 0 Å². The Kier molecular flexibility index (Phi) is 6.01. The minimum Gasteiger partial charge on any atom is -0.491 e. The number of H-pyrrole nitrogens is 1. The Balaban J connectivity index is 2.01. The van der Waals surface area contributed by atoms with Gasteiger partial charge in [0.15, 0.2) is 0 Å². The van der Waals surface area contributed by atoms with Crippen molar-refractivity contribution >= 4 is 16.9 Å². The maximum atomic E-state index is 11.4. The molecule has 2 aromatic rings. The highest BCUT2D eigenvalue weighted by molar-refractivity contribution is 5.88. The van der Waals surface area contributed by atoms with Crippen molar-refractivity contribution in [2.45, 2.75) is 32.4 Å². The highest BCUT2D eigenvalue weighted by Crippen LogP contribution is 2.24. The van der Waals surface area contributed by atoms with Crippen LogP contribution < -0.4 is 10.1 Å². The predicted octanol–water partition coefficient (Wildman–Crippen LogP) is 1.62. The molecule has 1 atom stereocenters. The third kappa shape index (κ3) is 4.97. The Bertz CT molecular complexity index is 651. The van der Waals surface area contributed by atoms with Gasteiger partial charge in [-0.05, 0) is 23.8 Å². The first kappa shape index (κ1) is 17.3. The molecule has 0 aliphatic rings. The SMILES string of the molecule is COC(=O)Cc1c[nH]c2ccc(OC[C@H](O)CNC(C)C)cc12. The second-order valence-corrected chi connectivity index (χ2v) is 5.80. The molecule has 0 saturated heterocycles. The van der Waals surface area contributed by atoms with Crippen LogP contribution in [-0.4, -0.2) is 48.5 Å². The standard InChI is InChI=1S/C17H24N2O4/c1-11(2)18-9-13(20)10-23-14-4-5-16-15(7-14)12(8-19-16)6-17(21)22-3/h4-5,7-8,11,13,18-20H,6,9-10H2,1-3H3/t13-/m1/s1. The molecule has 6 heteroatoms. The van der Waals surface area contributed by atoms with Crippen LogP contribution in [0.1, 0.15) is 19.4 Å². The van der Waals surface area contributed by atoms with Gasteiger partial charge in [0.2, 0.25) is 0 Å². The van der Waals surface area contributed by atoms with Gasteiger partial charge < -0.3 is 24.9 Å². The highest BCUT2D eigenvalue weighted by Gasteiger charge is 2.11. The molecule has 1 heterocycles. The van der Waals surface area contributed by atoms with Gasteiger partial charge in [0.05, 0.1) is 13.5 Å². The van der Waals surface area contributed by atoms with Crippen LogP contribution in [0.25, 0.3) is 10.9 Å². The molecule has 0 fully saturated rings. The molecule has 3 N–H and O–H groups in total. The number of aromatic amines is 1. The van der Waals surface area contributed by atoms with Crippen LogP contribution in [0.15, 0.2) is 24.4 Å². The fourth-order valence-corrected chi connectivity index (χ4v) is 2.24. The van der Waals surface area contributed by atoms with E-state index in [-0.39, 0.29) is 19.0 Å². The monoisotopic (exact) mass is 320 g/mol. The summed E-state index contributed by atoms with van der Waals surface area (Å²) in [5.74, 6) is 0.374. The molecule has 0 spiro atoms. The minimum atomic E-state index is -0.575. The third-order valence-electron chi connectivity index (χ3n) is 3.51. The molecule has 0 saturated carbocycles. The molecule has 23 heavy (non-hydrogen) atoms. The van der Waals surface area contributed by atoms with Gasteiger partial charge in [-0.15, -0.1) is 0 Å². The summed E-state index contributed by atoms with van der Waals surface area (Å²) in [5, 5.41) is 14.0. The zero-order valence-corrected chi connectivity index (χ0v) is 13.8. The Hall–Kier alpha value is -2.05. The number of hydrogen-bond acceptors (Lipinski definition) is 5. The van der Waals surface area contributed by atoms with E-state index in [2.05, 4.69) is 10.3 Å². The molecule has 0 amide bonds. The van der Waals surface area contributed by atoms with Crippen molar-refractivity contribution < 1.29 is 19.4 Å². The average molecular weight is 320 g/mol. The third-order valence-corrected chi connectivity index (χ3v) is 3.51. The summed E-state index contributed by atoms with van der Waals surface area (Å²) in [5.41, 5.74) is 1.79. The molecule has 0 radical (unpaired) electrons. The second kappa shape index (κ2) is 7.99. The topological polar surface area (TPSA) is 83.6 Å². The van der Waals surface area contributed by atoms with Gasteiger partial charge in [0, 0.05) is 29.7 Å². The van der Waals surface area contributed by atoms with Gasteiger partial charge >= 0.3 is 5.97 Å². The van der Waals surface area contributed by atoms with E-state index >= 15 is 0 Å². The summed E-state index contributed by atoms with van der Waals surface area (Å²) in [6.45, 7) is 4.74. The summed E-state index contributed by atoms with van der Waals surface area (Å²) < 4.78 is 10.3. The molecular formula is C17H24N2O4. The van der Waals surface area contributed by atoms with Crippen LogP contribution in [-0.2, 0) is 16.0 Å². The first-order valence-corrected chi connectivity index (χ1v) is 7.70. The van der Waals surface area contributed by atoms with Crippen molar-refractivity contribution in [3.05, 3.63) is 30.0 Å². The lowest BCUT2D eigenvalue weighted by atomic mass is 10.1. The Morgan fingerprint density at radius 3 is 2.87 bits per heavy atom. The van der Waals surface area contributed by atoms with Crippen LogP contribution >= 0.6 is 0 Å². The number of nitrogens with one attached hydrogen (secondary N) is 2. The van der Waals surface area contributed by atoms with Crippen molar-refractivity contribution in [1.82, 2.24) is 10.3 Å². The molecule has 6 nitrogen and oxygen atoms in total. The number of esters is 1. The van der Waals surface area contributed by atoms with Gasteiger partial charge in [-0.1, -0.05) is 13.8 Å². The van der Waals surface area contributed by atoms with Crippen molar-refractivity contribution in [2.75, 3.05) is 20.3 Å². The molecule has 0 aliphatic heterocycles. The molecule has 1 aromatic carbocycles. The quantitative estimate of drug-likeness (QED) is 0.644. The number of benzene rings is 1. The van der Waals surface area contributed by atoms with E-state index in [1.54, 1.807) is 6.20 Å². The van der Waals surface area contributed by atoms with Crippen LogP contribution in [0, 0.1) is 0 Å². The molecule has 126 valence electrons. The normalized spacial score (nSPS) is 12.6. The number of ether oxygens (including phenoxy) is 2. The number of aliphatic hydroxyl groups excluding tert-OH is 1. The molecule has 1 aromatic heterocycles. The van der Waals surface area contributed by atoms with Crippen molar-refractivity contribution in [3.8, 4) is 5.75 Å². The Morgan fingerprint density at radius 2 is 2.17 bits per heavy atom. The number of carbonyl (C=O) groups is 1. The van der Waals surface area contributed by atoms with Gasteiger partial charge in [-0.25, -0.2) is 0 Å². The summed E-state index contributed by atoms with van der Waals surface area (Å²) in [4.78, 5) is 14.6. The lowest BCUT2D eigenvalue weighted by molar-refractivity contribution is -0.139. The van der Waals surface area contributed by atoms with Crippen LogP contribution in [0.4, 0.5) is 0 Å². The van der Waals surface area contributed by atoms with E-state index in [9.17, 15) is 9.90 Å². The molecule has 0 aliphatic carbocycles. The zero-order chi connectivity index (χ0) is 16.8. The van der Waals surface area contributed by atoms with E-state index in [1.807, 2.05) is 32.0 Å². The lowest BCUT2D eigenvalue weighted by Gasteiger charge is -2.15. The maximum Gasteiger partial charge on any atom is 0.310 e. The van der Waals surface area contributed by atoms with Crippen LogP contribution in [0.3, 0.4) is 0 Å². The lowest BCUT2D eigenvalue weighted by Crippen LogP contribution is -2.35. The first-order chi connectivity index (χ1) is 11.0. The van der Waals surface area contributed by atoms with Gasteiger partial charge in [-0.2, -0.15) is 0 Å². The average Bonchev–Trinajstić information content (AvgIpc) is 2.93. The number of fused-ring (bicyclic) bond motifs is 1. The highest BCUT2D eigenvalue weighted by atomic mass is 16.5. The van der Waals surface area contributed by atoms with Gasteiger partial charge in [-0.3, -0.25) is 4.79 Å². The minimum absolute atomic E-state index is 0.209. The first-order valence-electron chi connectivity index (χ1n) is 7.70. The Labute approximate surface area is 135 Å². The van der Waals surface area contributed by atoms with E-state index in [0.29, 0.717) is 18.3 Å². The molecule has 0 unspecified atom stereocenters. The second-order valence-electron chi connectivity index (χ2n) is 5.80. The number of hydrogen-bond donors (Lipinski definition) is 3. The van der Waals surface area contributed by atoms with Crippen molar-refractivity contribution in [1.29, 1.82) is 0 Å². The number of aliphatic hydroxyl groups is 1. The largest absolute Gasteiger partial charge is 0.491 e. The number of aromatic nitrogens is 1. The number of rotatable bonds is 8. The van der Waals surface area contributed by atoms with E-state index in [0.717, 1.165) is 16.5 Å². The zero-order valence-electron chi connectivity index (χ0n) is 13.8. The number of methoxy groups -OCH3 is 1. The molecule has 2 rings (SSSR count). The van der Waals surface area contributed by atoms with Crippen molar-refractivity contribution in [2.24, 2.45) is 0 Å². The Morgan fingerprint density at radius 1 is 1.39 bits per heavy atom. The molecular weight excluding hydrogens is 296 g/mol. The fourth-order valence-electron chi connectivity index (χ4n) is 2.24. The summed E-state index contributed by atoms with van der Waals surface area (Å²) in [6, 6.07) is 5.92. The van der Waals surface area contributed by atoms with Crippen LogP contribution in [0.2, 0.25) is 0 Å². The summed E-state index contributed by atoms with van der Waals surface area (Å²) in [6.07, 6.45) is 1.43. The van der Waals surface area contributed by atoms with E-state index in [1.165, 1.54) is 7.11 Å². The van der Waals surface area contributed by atoms with E-state index in [4.69, 9.17) is 9.47 Å². The number of carbonyl (C=O) groups excluding carboxylic acids is 1. The van der Waals surface area contributed by atoms with Crippen LogP contribution in [0.5, 0.6) is 5.75 Å². The summed E-state index contributed by atoms with van der Waals surface area (Å²) in [7, 11) is 1.37. The maximum absolute atomic E-state index is 11.4. The molecule has 0 bridgehead atoms. The predicted molar refractivity (Wildman–Crippen MR) is 88.7 cm³/mol. The smallest absolute Gasteiger partial charge is 0.310 e. The fraction of sp³-hybridized carbons (Fsp3) is 0.471. The van der Waals surface area contributed by atoms with E-state index < -0.39 is 6.10 Å². The van der Waals surface area contributed by atoms with Crippen molar-refractivity contribution in [3.63, 3.8) is 0 Å². The van der Waals surface area contributed by atoms with Gasteiger partial charge in [0.1, 0.15) is 18.5 Å².